The number of nitrogens with zero attached hydrogens (tertiary/aromatic N) is 3. The maximum absolute atomic E-state index is 12.5. The molecule has 1 fully saturated rings. The van der Waals surface area contributed by atoms with E-state index in [2.05, 4.69) is 26.0 Å². The Kier molecular flexibility index (Phi) is 6.73. The van der Waals surface area contributed by atoms with Gasteiger partial charge in [0.1, 0.15) is 10.8 Å². The molecule has 8 nitrogen and oxygen atoms in total. The molecule has 2 aliphatic heterocycles. The minimum atomic E-state index is -3.66. The molecule has 30 heavy (non-hydrogen) atoms. The second kappa shape index (κ2) is 9.10. The second-order valence-corrected chi connectivity index (χ2v) is 8.97. The lowest BCUT2D eigenvalue weighted by Gasteiger charge is -2.15. The number of hydrogen-bond donors (Lipinski definition) is 2. The van der Waals surface area contributed by atoms with Crippen molar-refractivity contribution in [1.82, 2.24) is 14.6 Å². The summed E-state index contributed by atoms with van der Waals surface area (Å²) in [4.78, 5) is 18.9. The van der Waals surface area contributed by atoms with Gasteiger partial charge in [-0.15, -0.1) is 12.4 Å². The van der Waals surface area contributed by atoms with Crippen molar-refractivity contribution in [2.24, 2.45) is 0 Å². The molecule has 4 rings (SSSR count). The normalized spacial score (nSPS) is 18.4. The van der Waals surface area contributed by atoms with E-state index >= 15 is 0 Å². The van der Waals surface area contributed by atoms with E-state index in [1.165, 1.54) is 12.3 Å². The fourth-order valence-electron chi connectivity index (χ4n) is 3.77. The molecule has 1 atom stereocenters. The van der Waals surface area contributed by atoms with E-state index in [1.807, 2.05) is 0 Å². The van der Waals surface area contributed by atoms with Gasteiger partial charge in [0, 0.05) is 25.0 Å². The minimum Gasteiger partial charge on any atom is -0.325 e. The average Bonchev–Trinajstić information content (AvgIpc) is 3.34. The largest absolute Gasteiger partial charge is 0.325 e. The first-order valence-electron chi connectivity index (χ1n) is 9.51. The highest BCUT2D eigenvalue weighted by Gasteiger charge is 2.33. The lowest BCUT2D eigenvalue weighted by atomic mass is 9.95. The monoisotopic (exact) mass is 447 g/mol. The van der Waals surface area contributed by atoms with Crippen LogP contribution in [0.3, 0.4) is 0 Å². The average molecular weight is 448 g/mol. The van der Waals surface area contributed by atoms with E-state index in [4.69, 9.17) is 5.26 Å². The number of anilines is 1. The van der Waals surface area contributed by atoms with Crippen molar-refractivity contribution < 1.29 is 13.2 Å². The van der Waals surface area contributed by atoms with Crippen molar-refractivity contribution in [3.8, 4) is 6.07 Å². The number of sulfonamides is 1. The summed E-state index contributed by atoms with van der Waals surface area (Å²) in [6.45, 7) is 3.05. The van der Waals surface area contributed by atoms with Crippen LogP contribution in [0.4, 0.5) is 5.69 Å². The predicted molar refractivity (Wildman–Crippen MR) is 114 cm³/mol. The number of aromatic nitrogens is 1. The van der Waals surface area contributed by atoms with Crippen LogP contribution >= 0.6 is 12.4 Å². The molecule has 1 saturated heterocycles. The fourth-order valence-corrected chi connectivity index (χ4v) is 4.74. The van der Waals surface area contributed by atoms with E-state index in [9.17, 15) is 13.2 Å². The van der Waals surface area contributed by atoms with Crippen LogP contribution in [-0.4, -0.2) is 50.4 Å². The lowest BCUT2D eigenvalue weighted by molar-refractivity contribution is -0.116. The van der Waals surface area contributed by atoms with Crippen molar-refractivity contribution >= 4 is 34.0 Å². The van der Waals surface area contributed by atoms with E-state index < -0.39 is 15.9 Å². The van der Waals surface area contributed by atoms with Crippen molar-refractivity contribution in [2.45, 2.75) is 23.7 Å². The molecule has 2 aromatic rings. The van der Waals surface area contributed by atoms with Gasteiger partial charge in [0.15, 0.2) is 0 Å². The van der Waals surface area contributed by atoms with E-state index in [1.54, 1.807) is 24.3 Å². The number of rotatable bonds is 6. The highest BCUT2D eigenvalue weighted by Crippen LogP contribution is 2.37. The van der Waals surface area contributed by atoms with E-state index in [0.29, 0.717) is 35.6 Å². The Hall–Kier alpha value is -2.51. The summed E-state index contributed by atoms with van der Waals surface area (Å²) in [6.07, 6.45) is 3.59. The molecule has 0 bridgehead atoms. The third kappa shape index (κ3) is 4.47. The number of benzene rings is 1. The van der Waals surface area contributed by atoms with Gasteiger partial charge >= 0.3 is 0 Å². The number of carbonyl (C=O) groups is 1. The molecule has 2 N–H and O–H groups in total. The highest BCUT2D eigenvalue weighted by molar-refractivity contribution is 7.89. The molecule has 1 aromatic heterocycles. The number of amides is 1. The summed E-state index contributed by atoms with van der Waals surface area (Å²) in [5.74, 6) is -0.917. The van der Waals surface area contributed by atoms with Crippen molar-refractivity contribution in [3.05, 3.63) is 53.3 Å². The topological polar surface area (TPSA) is 115 Å². The van der Waals surface area contributed by atoms with Crippen LogP contribution in [0, 0.1) is 11.3 Å². The number of pyridine rings is 1. The zero-order valence-corrected chi connectivity index (χ0v) is 17.8. The fraction of sp³-hybridized carbons (Fsp3) is 0.350. The Morgan fingerprint density at radius 3 is 2.67 bits per heavy atom. The van der Waals surface area contributed by atoms with E-state index in [-0.39, 0.29) is 23.2 Å². The van der Waals surface area contributed by atoms with Crippen LogP contribution in [0.5, 0.6) is 0 Å². The number of hydrogen-bond acceptors (Lipinski definition) is 6. The first-order chi connectivity index (χ1) is 14.0. The Morgan fingerprint density at radius 2 is 2.00 bits per heavy atom. The lowest BCUT2D eigenvalue weighted by Crippen LogP contribution is -2.33. The molecule has 1 unspecified atom stereocenters. The SMILES string of the molecule is Cl.N#Cc1ccc2c(c1)C(c1ccc(S(=O)(=O)NCCN3CCCC3)cn1)C(=O)N2. The van der Waals surface area contributed by atoms with Gasteiger partial charge in [-0.05, 0) is 61.8 Å². The van der Waals surface area contributed by atoms with Gasteiger partial charge in [-0.3, -0.25) is 9.78 Å². The zero-order chi connectivity index (χ0) is 20.4. The van der Waals surface area contributed by atoms with Gasteiger partial charge in [-0.2, -0.15) is 5.26 Å². The minimum absolute atomic E-state index is 0. The first-order valence-corrected chi connectivity index (χ1v) is 11.0. The first kappa shape index (κ1) is 22.2. The van der Waals surface area contributed by atoms with Crippen molar-refractivity contribution in [2.75, 3.05) is 31.5 Å². The van der Waals surface area contributed by atoms with Crippen LogP contribution in [0.1, 0.15) is 35.6 Å². The maximum atomic E-state index is 12.5. The van der Waals surface area contributed by atoms with Gasteiger partial charge in [0.25, 0.3) is 0 Å². The van der Waals surface area contributed by atoms with Gasteiger partial charge in [-0.1, -0.05) is 0 Å². The molecule has 10 heteroatoms. The number of nitrogens with one attached hydrogen (secondary N) is 2. The molecule has 158 valence electrons. The Balaban J connectivity index is 0.00000256. The van der Waals surface area contributed by atoms with Crippen LogP contribution in [0.15, 0.2) is 41.4 Å². The van der Waals surface area contributed by atoms with Crippen LogP contribution < -0.4 is 10.0 Å². The summed E-state index contributed by atoms with van der Waals surface area (Å²) >= 11 is 0. The number of nitriles is 1. The summed E-state index contributed by atoms with van der Waals surface area (Å²) in [7, 11) is -3.66. The summed E-state index contributed by atoms with van der Waals surface area (Å²) in [6, 6.07) is 10.1. The molecule has 2 aliphatic rings. The van der Waals surface area contributed by atoms with Crippen molar-refractivity contribution in [1.29, 1.82) is 5.26 Å². The maximum Gasteiger partial charge on any atom is 0.242 e. The number of likely N-dealkylation sites (tertiary alicyclic amines) is 1. The molecule has 1 amide bonds. The Morgan fingerprint density at radius 1 is 1.23 bits per heavy atom. The number of halogens is 1. The third-order valence-corrected chi connectivity index (χ3v) is 6.74. The molecule has 0 spiro atoms. The van der Waals surface area contributed by atoms with Crippen LogP contribution in [-0.2, 0) is 14.8 Å². The quantitative estimate of drug-likeness (QED) is 0.698. The van der Waals surface area contributed by atoms with E-state index in [0.717, 1.165) is 25.9 Å². The Bertz CT molecular complexity index is 1080. The molecule has 0 saturated carbocycles. The third-order valence-electron chi connectivity index (χ3n) is 5.30. The molecule has 1 aromatic carbocycles. The zero-order valence-electron chi connectivity index (χ0n) is 16.2. The van der Waals surface area contributed by atoms with Gasteiger partial charge < -0.3 is 10.2 Å². The van der Waals surface area contributed by atoms with Crippen molar-refractivity contribution in [3.63, 3.8) is 0 Å². The summed E-state index contributed by atoms with van der Waals surface area (Å²) < 4.78 is 27.6. The number of fused-ring (bicyclic) bond motifs is 1. The second-order valence-electron chi connectivity index (χ2n) is 7.20. The van der Waals surface area contributed by atoms with Gasteiger partial charge in [0.2, 0.25) is 15.9 Å². The summed E-state index contributed by atoms with van der Waals surface area (Å²) in [5.41, 5.74) is 2.20. The standard InChI is InChI=1S/C20H21N5O3S.ClH/c21-12-14-3-5-17-16(11-14)19(20(26)24-17)18-6-4-15(13-22-18)29(27,28)23-7-10-25-8-1-2-9-25;/h3-6,11,13,19,23H,1-2,7-10H2,(H,24,26);1H. The van der Waals surface area contributed by atoms with Crippen LogP contribution in [0.2, 0.25) is 0 Å². The molecular weight excluding hydrogens is 426 g/mol. The summed E-state index contributed by atoms with van der Waals surface area (Å²) in [5, 5.41) is 11.9. The smallest absolute Gasteiger partial charge is 0.242 e. The molecule has 0 aliphatic carbocycles. The Labute approximate surface area is 181 Å². The van der Waals surface area contributed by atoms with Gasteiger partial charge in [-0.25, -0.2) is 13.1 Å². The molecule has 0 radical (unpaired) electrons. The number of carbonyl (C=O) groups excluding carboxylic acids is 1. The predicted octanol–water partition coefficient (Wildman–Crippen LogP) is 1.83. The molecule has 3 heterocycles. The van der Waals surface area contributed by atoms with Gasteiger partial charge in [0.05, 0.1) is 17.3 Å². The van der Waals surface area contributed by atoms with Crippen LogP contribution in [0.25, 0.3) is 0 Å². The molecular formula is C20H22ClN5O3S. The highest BCUT2D eigenvalue weighted by atomic mass is 35.5.